The van der Waals surface area contributed by atoms with Crippen LogP contribution in [-0.4, -0.2) is 41.9 Å². The number of nitrogens with zero attached hydrogens (tertiary/aromatic N) is 3. The Morgan fingerprint density at radius 1 is 0.606 bits per heavy atom. The first-order valence-electron chi connectivity index (χ1n) is 11.3. The molecule has 0 fully saturated rings. The highest BCUT2D eigenvalue weighted by Crippen LogP contribution is 2.28. The number of hydrogen-bond acceptors (Lipinski definition) is 8. The fraction of sp³-hybridized carbons (Fsp3) is 0.375. The van der Waals surface area contributed by atoms with Gasteiger partial charge in [-0.25, -0.2) is 15.0 Å². The van der Waals surface area contributed by atoms with Crippen LogP contribution in [-0.2, 0) is 0 Å². The molecule has 3 rings (SSSR count). The van der Waals surface area contributed by atoms with E-state index in [0.29, 0.717) is 54.4 Å². The summed E-state index contributed by atoms with van der Waals surface area (Å²) in [6.45, 7) is 7.66. The number of rotatable bonds is 14. The van der Waals surface area contributed by atoms with E-state index in [-0.39, 0.29) is 0 Å². The lowest BCUT2D eigenvalue weighted by Crippen LogP contribution is -2.44. The highest BCUT2D eigenvalue weighted by molar-refractivity contribution is 6.63. The third kappa shape index (κ3) is 7.00. The summed E-state index contributed by atoms with van der Waals surface area (Å²) < 4.78 is 30.0. The van der Waals surface area contributed by atoms with Crippen LogP contribution in [0.4, 0.5) is 0 Å². The van der Waals surface area contributed by atoms with E-state index in [0.717, 1.165) is 19.3 Å². The van der Waals surface area contributed by atoms with Gasteiger partial charge in [0, 0.05) is 18.6 Å². The van der Waals surface area contributed by atoms with Gasteiger partial charge in [-0.3, -0.25) is 0 Å². The molecule has 0 saturated carbocycles. The maximum atomic E-state index is 6.30. The van der Waals surface area contributed by atoms with Gasteiger partial charge in [-0.05, 0) is 49.6 Å². The molecular formula is C24H30BN3O5. The molecule has 3 aromatic rings. The lowest BCUT2D eigenvalue weighted by molar-refractivity contribution is 0.283. The number of hydrogen-bond donors (Lipinski definition) is 0. The highest BCUT2D eigenvalue weighted by Gasteiger charge is 2.33. The van der Waals surface area contributed by atoms with Crippen LogP contribution < -0.4 is 29.0 Å². The van der Waals surface area contributed by atoms with Gasteiger partial charge in [0.2, 0.25) is 5.88 Å². The summed E-state index contributed by atoms with van der Waals surface area (Å²) in [7, 11) is -0.910. The van der Waals surface area contributed by atoms with Gasteiger partial charge < -0.3 is 23.5 Å². The Morgan fingerprint density at radius 3 is 1.52 bits per heavy atom. The van der Waals surface area contributed by atoms with Crippen molar-refractivity contribution in [2.45, 2.75) is 40.0 Å². The van der Waals surface area contributed by atoms with E-state index in [1.165, 1.54) is 0 Å². The molecule has 0 amide bonds. The Morgan fingerprint density at radius 2 is 1.03 bits per heavy atom. The minimum Gasteiger partial charge on any atom is -0.518 e. The van der Waals surface area contributed by atoms with Gasteiger partial charge in [-0.2, -0.15) is 0 Å². The zero-order valence-corrected chi connectivity index (χ0v) is 19.4. The van der Waals surface area contributed by atoms with E-state index in [9.17, 15) is 0 Å². The molecule has 174 valence electrons. The topological polar surface area (TPSA) is 84.8 Å². The maximum absolute atomic E-state index is 6.30. The molecule has 0 saturated heterocycles. The molecule has 0 N–H and O–H groups in total. The van der Waals surface area contributed by atoms with Crippen LogP contribution in [0.1, 0.15) is 40.0 Å². The minimum absolute atomic E-state index is 0.390. The predicted molar refractivity (Wildman–Crippen MR) is 127 cm³/mol. The Hall–Kier alpha value is -3.49. The summed E-state index contributed by atoms with van der Waals surface area (Å²) in [6, 6.07) is 10.8. The Bertz CT molecular complexity index is 938. The molecule has 0 aliphatic carbocycles. The lowest BCUT2D eigenvalue weighted by atomic mass is 9.79. The third-order valence-electron chi connectivity index (χ3n) is 4.32. The van der Waals surface area contributed by atoms with E-state index in [4.69, 9.17) is 23.5 Å². The van der Waals surface area contributed by atoms with E-state index < -0.39 is 7.12 Å². The Labute approximate surface area is 195 Å². The lowest BCUT2D eigenvalue weighted by Gasteiger charge is -2.20. The molecule has 9 heteroatoms. The van der Waals surface area contributed by atoms with E-state index in [1.54, 1.807) is 42.9 Å². The first kappa shape index (κ1) is 24.2. The summed E-state index contributed by atoms with van der Waals surface area (Å²) in [4.78, 5) is 13.0. The third-order valence-corrected chi connectivity index (χ3v) is 4.32. The molecule has 0 unspecified atom stereocenters. The fourth-order valence-corrected chi connectivity index (χ4v) is 2.83. The van der Waals surface area contributed by atoms with E-state index in [1.807, 2.05) is 32.9 Å². The first-order valence-corrected chi connectivity index (χ1v) is 11.3. The summed E-state index contributed by atoms with van der Waals surface area (Å²) >= 11 is 0. The minimum atomic E-state index is -0.910. The maximum Gasteiger partial charge on any atom is 0.638 e. The monoisotopic (exact) mass is 451 g/mol. The van der Waals surface area contributed by atoms with Crippen molar-refractivity contribution in [3.8, 4) is 29.1 Å². The molecule has 3 aromatic heterocycles. The smallest absolute Gasteiger partial charge is 0.518 e. The van der Waals surface area contributed by atoms with Crippen molar-refractivity contribution in [2.75, 3.05) is 19.8 Å². The van der Waals surface area contributed by atoms with Crippen molar-refractivity contribution in [3.05, 3.63) is 55.0 Å². The summed E-state index contributed by atoms with van der Waals surface area (Å²) in [6.07, 6.45) is 7.53. The van der Waals surface area contributed by atoms with E-state index in [2.05, 4.69) is 15.0 Å². The van der Waals surface area contributed by atoms with Gasteiger partial charge >= 0.3 is 7.12 Å². The molecular weight excluding hydrogens is 421 g/mol. The standard InChI is InChI=1S/C24H30BN3O5/c1-4-16-29-22-19(10-7-13-26-22)25(32-20-11-8-14-27-23(20)30-17-5-2)33-21-12-9-15-28-24(21)31-18-6-3/h7-15H,4-6,16-18H2,1-3H3. The van der Waals surface area contributed by atoms with Crippen LogP contribution in [0.2, 0.25) is 0 Å². The SMILES string of the molecule is CCCOc1ncccc1OB(Oc1cccnc1OCCC)c1cccnc1OCCC. The molecule has 0 aliphatic rings. The van der Waals surface area contributed by atoms with Gasteiger partial charge in [0.15, 0.2) is 11.5 Å². The second-order valence-corrected chi connectivity index (χ2v) is 7.12. The van der Waals surface area contributed by atoms with Crippen molar-refractivity contribution in [2.24, 2.45) is 0 Å². The predicted octanol–water partition coefficient (Wildman–Crippen LogP) is 4.09. The van der Waals surface area contributed by atoms with Crippen molar-refractivity contribution in [1.29, 1.82) is 0 Å². The second-order valence-electron chi connectivity index (χ2n) is 7.12. The van der Waals surface area contributed by atoms with Crippen molar-refractivity contribution >= 4 is 12.6 Å². The number of pyridine rings is 3. The van der Waals surface area contributed by atoms with Crippen molar-refractivity contribution < 1.29 is 23.5 Å². The van der Waals surface area contributed by atoms with Crippen LogP contribution in [0.15, 0.2) is 55.0 Å². The zero-order valence-electron chi connectivity index (χ0n) is 19.4. The molecule has 0 radical (unpaired) electrons. The zero-order chi connectivity index (χ0) is 23.3. The summed E-state index contributed by atoms with van der Waals surface area (Å²) in [5.74, 6) is 2.11. The molecule has 0 spiro atoms. The molecule has 0 bridgehead atoms. The average molecular weight is 451 g/mol. The molecule has 33 heavy (non-hydrogen) atoms. The Kier molecular flexibility index (Phi) is 9.63. The fourth-order valence-electron chi connectivity index (χ4n) is 2.83. The van der Waals surface area contributed by atoms with Crippen LogP contribution in [0, 0.1) is 0 Å². The number of aromatic nitrogens is 3. The normalized spacial score (nSPS) is 10.4. The molecule has 0 aliphatic heterocycles. The molecule has 3 heterocycles. The van der Waals surface area contributed by atoms with Crippen LogP contribution >= 0.6 is 0 Å². The van der Waals surface area contributed by atoms with Crippen molar-refractivity contribution in [1.82, 2.24) is 15.0 Å². The van der Waals surface area contributed by atoms with Gasteiger partial charge in [0.1, 0.15) is 0 Å². The van der Waals surface area contributed by atoms with Gasteiger partial charge in [-0.15, -0.1) is 0 Å². The largest absolute Gasteiger partial charge is 0.638 e. The molecule has 8 nitrogen and oxygen atoms in total. The van der Waals surface area contributed by atoms with Crippen LogP contribution in [0.3, 0.4) is 0 Å². The summed E-state index contributed by atoms with van der Waals surface area (Å²) in [5, 5.41) is 0. The summed E-state index contributed by atoms with van der Waals surface area (Å²) in [5.41, 5.74) is 0.626. The van der Waals surface area contributed by atoms with Crippen LogP contribution in [0.5, 0.6) is 29.1 Å². The van der Waals surface area contributed by atoms with Gasteiger partial charge in [0.05, 0.1) is 25.3 Å². The van der Waals surface area contributed by atoms with Crippen LogP contribution in [0.25, 0.3) is 0 Å². The number of ether oxygens (including phenoxy) is 3. The van der Waals surface area contributed by atoms with Crippen molar-refractivity contribution in [3.63, 3.8) is 0 Å². The van der Waals surface area contributed by atoms with Gasteiger partial charge in [-0.1, -0.05) is 26.8 Å². The quantitative estimate of drug-likeness (QED) is 0.339. The van der Waals surface area contributed by atoms with Gasteiger partial charge in [0.25, 0.3) is 11.8 Å². The first-order chi connectivity index (χ1) is 16.3. The van der Waals surface area contributed by atoms with E-state index >= 15 is 0 Å². The average Bonchev–Trinajstić information content (AvgIpc) is 2.86. The molecule has 0 aromatic carbocycles. The molecule has 0 atom stereocenters. The Balaban J connectivity index is 1.97. The highest BCUT2D eigenvalue weighted by atomic mass is 16.6. The second kappa shape index (κ2) is 13.2.